The van der Waals surface area contributed by atoms with E-state index in [4.69, 9.17) is 16.9 Å². The van der Waals surface area contributed by atoms with Gasteiger partial charge in [0.2, 0.25) is 11.6 Å². The van der Waals surface area contributed by atoms with Gasteiger partial charge in [0.1, 0.15) is 12.6 Å². The summed E-state index contributed by atoms with van der Waals surface area (Å²) in [6.07, 6.45) is -4.59. The van der Waals surface area contributed by atoms with Crippen LogP contribution in [0.5, 0.6) is 0 Å². The number of benzene rings is 2. The van der Waals surface area contributed by atoms with Crippen LogP contribution in [-0.2, 0) is 11.0 Å². The Kier molecular flexibility index (Phi) is 5.99. The van der Waals surface area contributed by atoms with E-state index < -0.39 is 30.3 Å². The average Bonchev–Trinajstić information content (AvgIpc) is 3.25. The lowest BCUT2D eigenvalue weighted by Crippen LogP contribution is -2.30. The minimum absolute atomic E-state index is 0.0526. The van der Waals surface area contributed by atoms with Crippen LogP contribution in [0, 0.1) is 17.9 Å². The molecule has 12 heteroatoms. The van der Waals surface area contributed by atoms with E-state index in [-0.39, 0.29) is 23.3 Å². The summed E-state index contributed by atoms with van der Waals surface area (Å²) < 4.78 is 41.5. The fourth-order valence-electron chi connectivity index (χ4n) is 3.75. The molecule has 0 spiro atoms. The number of fused-ring (bicyclic) bond motifs is 1. The summed E-state index contributed by atoms with van der Waals surface area (Å²) in [5.74, 6) is -0.936. The van der Waals surface area contributed by atoms with Gasteiger partial charge in [0.05, 0.1) is 23.8 Å². The lowest BCUT2D eigenvalue weighted by atomic mass is 9.99. The van der Waals surface area contributed by atoms with Crippen molar-refractivity contribution in [3.63, 3.8) is 0 Å². The summed E-state index contributed by atoms with van der Waals surface area (Å²) in [5, 5.41) is 24.8. The van der Waals surface area contributed by atoms with Gasteiger partial charge in [0.15, 0.2) is 0 Å². The van der Waals surface area contributed by atoms with Crippen molar-refractivity contribution in [1.29, 1.82) is 5.26 Å². The van der Waals surface area contributed by atoms with Crippen LogP contribution in [0.2, 0.25) is 0 Å². The Balaban J connectivity index is 1.94. The first-order valence-corrected chi connectivity index (χ1v) is 10.1. The molecule has 1 atom stereocenters. The number of aliphatic hydroxyl groups excluding tert-OH is 1. The van der Waals surface area contributed by atoms with Crippen LogP contribution in [0.4, 0.5) is 30.8 Å². The second-order valence-electron chi connectivity index (χ2n) is 7.49. The van der Waals surface area contributed by atoms with Gasteiger partial charge in [-0.2, -0.15) is 23.4 Å². The molecule has 1 aliphatic heterocycles. The zero-order valence-corrected chi connectivity index (χ0v) is 18.1. The number of nitrogens with one attached hydrogen (secondary N) is 1. The summed E-state index contributed by atoms with van der Waals surface area (Å²) in [4.78, 5) is 21.0. The van der Waals surface area contributed by atoms with E-state index in [1.165, 1.54) is 21.7 Å². The Labute approximate surface area is 197 Å². The molecule has 0 saturated carbocycles. The van der Waals surface area contributed by atoms with Gasteiger partial charge >= 0.3 is 6.18 Å². The van der Waals surface area contributed by atoms with Crippen molar-refractivity contribution in [3.8, 4) is 6.07 Å². The highest BCUT2D eigenvalue weighted by Gasteiger charge is 2.37. The van der Waals surface area contributed by atoms with Gasteiger partial charge in [-0.1, -0.05) is 18.2 Å². The third-order valence-corrected chi connectivity index (χ3v) is 5.33. The number of aliphatic hydroxyl groups is 1. The van der Waals surface area contributed by atoms with E-state index >= 15 is 0 Å². The van der Waals surface area contributed by atoms with Gasteiger partial charge in [-0.3, -0.25) is 15.0 Å². The Bertz CT molecular complexity index is 1410. The summed E-state index contributed by atoms with van der Waals surface area (Å²) in [7, 11) is 0. The number of anilines is 3. The minimum atomic E-state index is -4.59. The molecule has 0 saturated heterocycles. The summed E-state index contributed by atoms with van der Waals surface area (Å²) in [6, 6.07) is 12.1. The Morgan fingerprint density at radius 3 is 2.60 bits per heavy atom. The van der Waals surface area contributed by atoms with E-state index in [9.17, 15) is 18.0 Å². The second kappa shape index (κ2) is 8.93. The van der Waals surface area contributed by atoms with Crippen LogP contribution in [0.1, 0.15) is 29.7 Å². The number of alkyl halides is 3. The number of carbonyl (C=O) groups is 1. The van der Waals surface area contributed by atoms with E-state index in [0.717, 1.165) is 12.1 Å². The first kappa shape index (κ1) is 23.5. The number of rotatable bonds is 4. The number of hydrogen-bond donors (Lipinski definition) is 2. The van der Waals surface area contributed by atoms with Crippen molar-refractivity contribution in [1.82, 2.24) is 14.8 Å². The van der Waals surface area contributed by atoms with Crippen LogP contribution in [0.15, 0.2) is 59.9 Å². The Hall–Kier alpha value is -4.68. The van der Waals surface area contributed by atoms with Crippen LogP contribution < -0.4 is 10.2 Å². The highest BCUT2D eigenvalue weighted by Crippen LogP contribution is 2.44. The van der Waals surface area contributed by atoms with Crippen LogP contribution in [-0.4, -0.2) is 32.4 Å². The van der Waals surface area contributed by atoms with Gasteiger partial charge in [-0.25, -0.2) is 9.53 Å². The molecule has 0 fully saturated rings. The predicted octanol–water partition coefficient (Wildman–Crippen LogP) is 3.99. The van der Waals surface area contributed by atoms with Gasteiger partial charge < -0.3 is 5.11 Å². The molecule has 176 valence electrons. The molecule has 0 radical (unpaired) electrons. The van der Waals surface area contributed by atoms with E-state index in [0.29, 0.717) is 16.8 Å². The fraction of sp³-hybridized carbons (Fsp3) is 0.174. The maximum Gasteiger partial charge on any atom is 0.416 e. The molecule has 2 N–H and O–H groups in total. The van der Waals surface area contributed by atoms with E-state index in [1.54, 1.807) is 31.2 Å². The first-order valence-electron chi connectivity index (χ1n) is 10.1. The number of halogens is 3. The molecule has 0 unspecified atom stereocenters. The van der Waals surface area contributed by atoms with Gasteiger partial charge in [0, 0.05) is 11.4 Å². The molecule has 3 aromatic rings. The number of aromatic nitrogens is 3. The van der Waals surface area contributed by atoms with Crippen LogP contribution in [0.25, 0.3) is 4.85 Å². The number of carbonyl (C=O) groups excluding carboxylic acids is 1. The number of nitriles is 1. The summed E-state index contributed by atoms with van der Waals surface area (Å²) >= 11 is 0. The summed E-state index contributed by atoms with van der Waals surface area (Å²) in [6.45, 7) is 8.56. The second-order valence-corrected chi connectivity index (χ2v) is 7.49. The molecule has 1 amide bonds. The molecule has 2 aromatic carbocycles. The van der Waals surface area contributed by atoms with E-state index in [1.807, 2.05) is 6.07 Å². The zero-order chi connectivity index (χ0) is 25.3. The van der Waals surface area contributed by atoms with Crippen molar-refractivity contribution >= 4 is 23.5 Å². The average molecular weight is 479 g/mol. The standard InChI is InChI=1S/C23H16F3N7O2/c1-13-19(28-2)20(15-8-6-14(11-27)7-9-15)33-22(30-21(31-33)29-18(35)12-34)32(13)17-5-3-4-16(10-17)23(24,25)26/h3-10,20,34H,12H2,1H3,(H,29,31,35)/t20-/m1/s1. The number of allylic oxidation sites excluding steroid dienone is 2. The minimum Gasteiger partial charge on any atom is -0.387 e. The molecular weight excluding hydrogens is 463 g/mol. The van der Waals surface area contributed by atoms with Crippen molar-refractivity contribution in [2.75, 3.05) is 16.8 Å². The number of amides is 1. The monoisotopic (exact) mass is 479 g/mol. The van der Waals surface area contributed by atoms with Gasteiger partial charge in [0.25, 0.3) is 11.9 Å². The SMILES string of the molecule is [C-]#[N+]C1=C(C)N(c2cccc(C(F)(F)F)c2)c2nc(NC(=O)CO)nn2[C@@H]1c1ccc(C#N)cc1. The molecular formula is C23H16F3N7O2. The predicted molar refractivity (Wildman–Crippen MR) is 118 cm³/mol. The largest absolute Gasteiger partial charge is 0.416 e. The Morgan fingerprint density at radius 1 is 1.29 bits per heavy atom. The summed E-state index contributed by atoms with van der Waals surface area (Å²) in [5.41, 5.74) is 0.643. The van der Waals surface area contributed by atoms with Crippen molar-refractivity contribution < 1.29 is 23.1 Å². The molecule has 0 aliphatic carbocycles. The maximum atomic E-state index is 13.4. The highest BCUT2D eigenvalue weighted by molar-refractivity contribution is 5.90. The molecule has 2 heterocycles. The van der Waals surface area contributed by atoms with Gasteiger partial charge in [-0.15, -0.1) is 5.10 Å². The van der Waals surface area contributed by atoms with Crippen molar-refractivity contribution in [2.24, 2.45) is 0 Å². The fourth-order valence-corrected chi connectivity index (χ4v) is 3.75. The van der Waals surface area contributed by atoms with Crippen molar-refractivity contribution in [3.05, 3.63) is 88.0 Å². The molecule has 1 aliphatic rings. The molecule has 4 rings (SSSR count). The topological polar surface area (TPSA) is 111 Å². The molecule has 35 heavy (non-hydrogen) atoms. The number of nitrogens with zero attached hydrogens (tertiary/aromatic N) is 6. The number of hydrogen-bond acceptors (Lipinski definition) is 6. The van der Waals surface area contributed by atoms with Crippen LogP contribution >= 0.6 is 0 Å². The van der Waals surface area contributed by atoms with Gasteiger partial charge in [-0.05, 0) is 42.8 Å². The lowest BCUT2D eigenvalue weighted by Gasteiger charge is -2.34. The quantitative estimate of drug-likeness (QED) is 0.548. The zero-order valence-electron chi connectivity index (χ0n) is 18.1. The van der Waals surface area contributed by atoms with Crippen LogP contribution in [0.3, 0.4) is 0 Å². The van der Waals surface area contributed by atoms with E-state index in [2.05, 4.69) is 20.2 Å². The molecule has 1 aromatic heterocycles. The third kappa shape index (κ3) is 4.30. The smallest absolute Gasteiger partial charge is 0.387 e. The third-order valence-electron chi connectivity index (χ3n) is 5.33. The molecule has 0 bridgehead atoms. The molecule has 9 nitrogen and oxygen atoms in total. The van der Waals surface area contributed by atoms with Crippen molar-refractivity contribution in [2.45, 2.75) is 19.1 Å². The normalized spacial score (nSPS) is 15.3. The first-order chi connectivity index (χ1) is 16.7. The highest BCUT2D eigenvalue weighted by atomic mass is 19.4. The maximum absolute atomic E-state index is 13.4. The Morgan fingerprint density at radius 2 is 2.00 bits per heavy atom. The lowest BCUT2D eigenvalue weighted by molar-refractivity contribution is -0.137.